The molecule has 1 fully saturated rings. The molecule has 0 unspecified atom stereocenters. The predicted octanol–water partition coefficient (Wildman–Crippen LogP) is 6.08. The zero-order valence-electron chi connectivity index (χ0n) is 18.8. The SMILES string of the molecule is CCOC(=O)Cc1ccccc1OCc1coc2c(OCCC3CCOCC3)cc(Br)cc12. The third-order valence-electron chi connectivity index (χ3n) is 5.81. The van der Waals surface area contributed by atoms with E-state index in [4.69, 9.17) is 23.4 Å². The highest BCUT2D eigenvalue weighted by molar-refractivity contribution is 9.10. The van der Waals surface area contributed by atoms with Gasteiger partial charge in [-0.05, 0) is 50.3 Å². The van der Waals surface area contributed by atoms with E-state index < -0.39 is 0 Å². The van der Waals surface area contributed by atoms with Gasteiger partial charge < -0.3 is 23.4 Å². The van der Waals surface area contributed by atoms with Gasteiger partial charge in [0.25, 0.3) is 0 Å². The van der Waals surface area contributed by atoms with Crippen molar-refractivity contribution in [2.75, 3.05) is 26.4 Å². The van der Waals surface area contributed by atoms with Crippen LogP contribution in [-0.4, -0.2) is 32.4 Å². The number of hydrogen-bond acceptors (Lipinski definition) is 6. The van der Waals surface area contributed by atoms with Crippen LogP contribution in [-0.2, 0) is 27.3 Å². The molecule has 176 valence electrons. The lowest BCUT2D eigenvalue weighted by atomic mass is 9.97. The standard InChI is InChI=1S/C26H29BrO6/c1-2-30-25(28)13-19-5-3-4-6-23(19)32-16-20-17-33-26-22(20)14-21(27)15-24(26)31-12-9-18-7-10-29-11-8-18/h3-6,14-15,17-18H,2,7-13,16H2,1H3. The molecule has 0 spiro atoms. The first-order valence-corrected chi connectivity index (χ1v) is 12.2. The van der Waals surface area contributed by atoms with Crippen LogP contribution in [0.3, 0.4) is 0 Å². The van der Waals surface area contributed by atoms with Crippen LogP contribution >= 0.6 is 15.9 Å². The van der Waals surface area contributed by atoms with Crippen LogP contribution in [0.15, 0.2) is 51.6 Å². The van der Waals surface area contributed by atoms with Crippen LogP contribution in [0.25, 0.3) is 11.0 Å². The van der Waals surface area contributed by atoms with E-state index in [9.17, 15) is 4.79 Å². The van der Waals surface area contributed by atoms with Gasteiger partial charge in [0.05, 0.1) is 25.9 Å². The zero-order valence-corrected chi connectivity index (χ0v) is 20.4. The van der Waals surface area contributed by atoms with Crippen molar-refractivity contribution < 1.29 is 28.2 Å². The predicted molar refractivity (Wildman–Crippen MR) is 129 cm³/mol. The van der Waals surface area contributed by atoms with Gasteiger partial charge in [0.1, 0.15) is 12.4 Å². The number of para-hydroxylation sites is 1. The minimum Gasteiger partial charge on any atom is -0.490 e. The largest absolute Gasteiger partial charge is 0.490 e. The quantitative estimate of drug-likeness (QED) is 0.304. The molecule has 1 aliphatic rings. The van der Waals surface area contributed by atoms with E-state index in [1.165, 1.54) is 0 Å². The van der Waals surface area contributed by atoms with Gasteiger partial charge >= 0.3 is 5.97 Å². The van der Waals surface area contributed by atoms with Gasteiger partial charge in [0.2, 0.25) is 0 Å². The van der Waals surface area contributed by atoms with Crippen molar-refractivity contribution in [2.24, 2.45) is 5.92 Å². The van der Waals surface area contributed by atoms with Gasteiger partial charge in [-0.3, -0.25) is 4.79 Å². The van der Waals surface area contributed by atoms with Gasteiger partial charge in [0, 0.05) is 34.2 Å². The van der Waals surface area contributed by atoms with Crippen LogP contribution in [0.1, 0.15) is 37.3 Å². The molecule has 0 saturated carbocycles. The van der Waals surface area contributed by atoms with E-state index in [0.717, 1.165) is 59.2 Å². The molecule has 0 N–H and O–H groups in total. The first-order valence-electron chi connectivity index (χ1n) is 11.4. The van der Waals surface area contributed by atoms with Crippen LogP contribution in [0.5, 0.6) is 11.5 Å². The third kappa shape index (κ3) is 6.30. The number of hydrogen-bond donors (Lipinski definition) is 0. The summed E-state index contributed by atoms with van der Waals surface area (Å²) in [7, 11) is 0. The Hall–Kier alpha value is -2.51. The summed E-state index contributed by atoms with van der Waals surface area (Å²) in [5.74, 6) is 1.76. The molecule has 7 heteroatoms. The molecule has 3 aromatic rings. The summed E-state index contributed by atoms with van der Waals surface area (Å²) in [5, 5.41) is 0.938. The van der Waals surface area contributed by atoms with E-state index in [1.54, 1.807) is 13.2 Å². The van der Waals surface area contributed by atoms with Crippen molar-refractivity contribution in [3.63, 3.8) is 0 Å². The lowest BCUT2D eigenvalue weighted by Gasteiger charge is -2.21. The molecule has 4 rings (SSSR count). The Kier molecular flexibility index (Phi) is 8.29. The van der Waals surface area contributed by atoms with E-state index >= 15 is 0 Å². The van der Waals surface area contributed by atoms with E-state index in [0.29, 0.717) is 37.1 Å². The number of esters is 1. The van der Waals surface area contributed by atoms with Crippen molar-refractivity contribution >= 4 is 32.9 Å². The Morgan fingerprint density at radius 2 is 1.91 bits per heavy atom. The van der Waals surface area contributed by atoms with E-state index in [2.05, 4.69) is 15.9 Å². The van der Waals surface area contributed by atoms with Gasteiger partial charge in [0.15, 0.2) is 11.3 Å². The second kappa shape index (κ2) is 11.6. The maximum atomic E-state index is 11.9. The topological polar surface area (TPSA) is 67.1 Å². The van der Waals surface area contributed by atoms with Crippen molar-refractivity contribution in [1.82, 2.24) is 0 Å². The molecule has 6 nitrogen and oxygen atoms in total. The Labute approximate surface area is 202 Å². The number of rotatable bonds is 10. The van der Waals surface area contributed by atoms with Crippen LogP contribution in [0, 0.1) is 5.92 Å². The molecule has 1 aliphatic heterocycles. The fourth-order valence-electron chi connectivity index (χ4n) is 4.03. The summed E-state index contributed by atoms with van der Waals surface area (Å²) >= 11 is 3.59. The number of ether oxygens (including phenoxy) is 4. The molecule has 0 amide bonds. The average Bonchev–Trinajstić information content (AvgIpc) is 3.22. The minimum atomic E-state index is -0.270. The second-order valence-electron chi connectivity index (χ2n) is 8.11. The number of benzene rings is 2. The average molecular weight is 517 g/mol. The third-order valence-corrected chi connectivity index (χ3v) is 6.26. The summed E-state index contributed by atoms with van der Waals surface area (Å²) in [6.07, 6.45) is 5.07. The molecule has 2 aromatic carbocycles. The van der Waals surface area contributed by atoms with Crippen molar-refractivity contribution in [2.45, 2.75) is 39.2 Å². The van der Waals surface area contributed by atoms with Crippen molar-refractivity contribution in [1.29, 1.82) is 0 Å². The molecule has 0 aliphatic carbocycles. The Morgan fingerprint density at radius 3 is 2.73 bits per heavy atom. The molecular weight excluding hydrogens is 488 g/mol. The molecule has 2 heterocycles. The summed E-state index contributed by atoms with van der Waals surface area (Å²) in [5.41, 5.74) is 2.41. The maximum Gasteiger partial charge on any atom is 0.310 e. The fraction of sp³-hybridized carbons (Fsp3) is 0.423. The summed E-state index contributed by atoms with van der Waals surface area (Å²) in [6.45, 7) is 4.80. The molecule has 1 aromatic heterocycles. The summed E-state index contributed by atoms with van der Waals surface area (Å²) in [6, 6.07) is 11.5. The Bertz CT molecular complexity index is 1070. The van der Waals surface area contributed by atoms with Gasteiger partial charge in [-0.2, -0.15) is 0 Å². The molecule has 33 heavy (non-hydrogen) atoms. The van der Waals surface area contributed by atoms with E-state index in [-0.39, 0.29) is 12.4 Å². The van der Waals surface area contributed by atoms with E-state index in [1.807, 2.05) is 36.4 Å². The van der Waals surface area contributed by atoms with Crippen LogP contribution in [0.2, 0.25) is 0 Å². The molecule has 0 atom stereocenters. The number of halogens is 1. The van der Waals surface area contributed by atoms with Crippen molar-refractivity contribution in [3.8, 4) is 11.5 Å². The monoisotopic (exact) mass is 516 g/mol. The number of furan rings is 1. The highest BCUT2D eigenvalue weighted by Gasteiger charge is 2.17. The number of carbonyl (C=O) groups is 1. The minimum absolute atomic E-state index is 0.173. The highest BCUT2D eigenvalue weighted by atomic mass is 79.9. The number of carbonyl (C=O) groups excluding carboxylic acids is 1. The second-order valence-corrected chi connectivity index (χ2v) is 9.03. The molecule has 0 radical (unpaired) electrons. The summed E-state index contributed by atoms with van der Waals surface area (Å²) in [4.78, 5) is 11.9. The zero-order chi connectivity index (χ0) is 23.0. The van der Waals surface area contributed by atoms with Gasteiger partial charge in [-0.1, -0.05) is 34.1 Å². The normalized spacial score (nSPS) is 14.4. The van der Waals surface area contributed by atoms with Crippen LogP contribution < -0.4 is 9.47 Å². The maximum absolute atomic E-state index is 11.9. The first kappa shape index (κ1) is 23.6. The first-order chi connectivity index (χ1) is 16.1. The molecule has 1 saturated heterocycles. The molecular formula is C26H29BrO6. The lowest BCUT2D eigenvalue weighted by molar-refractivity contribution is -0.142. The lowest BCUT2D eigenvalue weighted by Crippen LogP contribution is -2.17. The van der Waals surface area contributed by atoms with Gasteiger partial charge in [-0.25, -0.2) is 0 Å². The fourth-order valence-corrected chi connectivity index (χ4v) is 4.46. The van der Waals surface area contributed by atoms with Crippen molar-refractivity contribution in [3.05, 3.63) is 58.3 Å². The highest BCUT2D eigenvalue weighted by Crippen LogP contribution is 2.35. The molecule has 0 bridgehead atoms. The summed E-state index contributed by atoms with van der Waals surface area (Å²) < 4.78 is 29.5. The van der Waals surface area contributed by atoms with Crippen LogP contribution in [0.4, 0.5) is 0 Å². The Morgan fingerprint density at radius 1 is 1.09 bits per heavy atom. The van der Waals surface area contributed by atoms with Gasteiger partial charge in [-0.15, -0.1) is 0 Å². The number of fused-ring (bicyclic) bond motifs is 1. The Balaban J connectivity index is 1.43. The smallest absolute Gasteiger partial charge is 0.310 e.